The fourth-order valence-electron chi connectivity index (χ4n) is 4.09. The van der Waals surface area contributed by atoms with Gasteiger partial charge in [-0.05, 0) is 44.6 Å². The highest BCUT2D eigenvalue weighted by molar-refractivity contribution is 5.67. The summed E-state index contributed by atoms with van der Waals surface area (Å²) in [6.45, 7) is 0. The van der Waals surface area contributed by atoms with Gasteiger partial charge < -0.3 is 25.5 Å². The lowest BCUT2D eigenvalue weighted by Gasteiger charge is -2.29. The topological polar surface area (TPSA) is 162 Å². The van der Waals surface area contributed by atoms with E-state index in [1.54, 1.807) is 16.8 Å². The average molecular weight is 454 g/mol. The number of carbonyl (C=O) groups is 1. The Hall–Kier alpha value is -3.83. The molecule has 0 aliphatic heterocycles. The second-order valence-electron chi connectivity index (χ2n) is 8.51. The Morgan fingerprint density at radius 3 is 2.67 bits per heavy atom. The maximum absolute atomic E-state index is 11.5. The summed E-state index contributed by atoms with van der Waals surface area (Å²) in [4.78, 5) is 37.3. The average Bonchev–Trinajstić information content (AvgIpc) is 3.43. The van der Waals surface area contributed by atoms with E-state index in [0.29, 0.717) is 28.2 Å². The van der Waals surface area contributed by atoms with Crippen LogP contribution in [-0.2, 0) is 4.74 Å². The van der Waals surface area contributed by atoms with Gasteiger partial charge in [0.2, 0.25) is 5.88 Å². The molecule has 2 saturated carbocycles. The molecular weight excluding hydrogens is 428 g/mol. The zero-order valence-corrected chi connectivity index (χ0v) is 18.2. The highest BCUT2D eigenvalue weighted by atomic mass is 16.5. The molecule has 0 unspecified atom stereocenters. The molecule has 5 N–H and O–H groups in total. The van der Waals surface area contributed by atoms with Crippen LogP contribution in [0.15, 0.2) is 22.1 Å². The van der Waals surface area contributed by atoms with E-state index in [1.165, 1.54) is 7.11 Å². The fraction of sp³-hybridized carbons (Fsp3) is 0.476. The van der Waals surface area contributed by atoms with Crippen LogP contribution < -0.4 is 27.0 Å². The number of nitrogens with zero attached hydrogens (tertiary/aromatic N) is 4. The van der Waals surface area contributed by atoms with Gasteiger partial charge in [0.15, 0.2) is 11.1 Å². The third-order valence-electron chi connectivity index (χ3n) is 5.96. The SMILES string of the molecule is COC(=O)NC1CCC(Nc2cc(=NC3CC3)n3nc/c(=C\c4[nH]c(=O)[nH]c4O)c3n2)CC1. The van der Waals surface area contributed by atoms with E-state index >= 15 is 0 Å². The summed E-state index contributed by atoms with van der Waals surface area (Å²) < 4.78 is 6.36. The zero-order valence-electron chi connectivity index (χ0n) is 18.2. The van der Waals surface area contributed by atoms with Crippen molar-refractivity contribution in [2.24, 2.45) is 4.99 Å². The van der Waals surface area contributed by atoms with Crippen LogP contribution in [0.1, 0.15) is 44.2 Å². The number of nitrogens with one attached hydrogen (secondary N) is 4. The van der Waals surface area contributed by atoms with E-state index in [2.05, 4.69) is 30.4 Å². The number of aromatic hydroxyl groups is 1. The standard InChI is InChI=1S/C21H26N8O4/c1-33-21(32)25-14-6-2-12(3-7-14)23-16-9-17(24-13-4-5-13)29-18(27-16)11(10-22-29)8-15-19(30)28-20(31)26-15/h8-10,12-14,23,30H,2-7H2,1H3,(H,25,32)(H2,26,28,31)/b11-8+,24-17?. The Labute approximate surface area is 187 Å². The smallest absolute Gasteiger partial charge is 0.407 e. The molecule has 5 rings (SSSR count). The van der Waals surface area contributed by atoms with Gasteiger partial charge in [0, 0.05) is 23.4 Å². The van der Waals surface area contributed by atoms with Gasteiger partial charge in [0.1, 0.15) is 11.5 Å². The first-order valence-electron chi connectivity index (χ1n) is 11.0. The molecule has 0 spiro atoms. The third kappa shape index (κ3) is 4.69. The maximum atomic E-state index is 11.5. The van der Waals surface area contributed by atoms with Crippen LogP contribution in [0.5, 0.6) is 5.88 Å². The number of hydrogen-bond donors (Lipinski definition) is 5. The van der Waals surface area contributed by atoms with Crippen molar-refractivity contribution in [1.82, 2.24) is 29.9 Å². The number of fused-ring (bicyclic) bond motifs is 1. The summed E-state index contributed by atoms with van der Waals surface area (Å²) in [7, 11) is 1.37. The molecule has 12 nitrogen and oxygen atoms in total. The van der Waals surface area contributed by atoms with E-state index in [0.717, 1.165) is 38.5 Å². The molecule has 1 amide bonds. The Morgan fingerprint density at radius 1 is 1.24 bits per heavy atom. The minimum atomic E-state index is -0.493. The molecule has 0 bridgehead atoms. The molecule has 3 aromatic heterocycles. The van der Waals surface area contributed by atoms with Crippen molar-refractivity contribution in [3.05, 3.63) is 39.1 Å². The summed E-state index contributed by atoms with van der Waals surface area (Å²) >= 11 is 0. The number of aromatic amines is 2. The first-order chi connectivity index (χ1) is 16.0. The highest BCUT2D eigenvalue weighted by Crippen LogP contribution is 2.23. The Kier molecular flexibility index (Phi) is 5.48. The minimum absolute atomic E-state index is 0.110. The Balaban J connectivity index is 1.44. The fourth-order valence-corrected chi connectivity index (χ4v) is 4.09. The van der Waals surface area contributed by atoms with Crippen LogP contribution in [-0.4, -0.2) is 61.0 Å². The van der Waals surface area contributed by atoms with Crippen LogP contribution in [0.2, 0.25) is 0 Å². The van der Waals surface area contributed by atoms with Crippen molar-refractivity contribution in [3.63, 3.8) is 0 Å². The Morgan fingerprint density at radius 2 is 2.00 bits per heavy atom. The lowest BCUT2D eigenvalue weighted by Crippen LogP contribution is -2.40. The van der Waals surface area contributed by atoms with E-state index in [-0.39, 0.29) is 23.7 Å². The first kappa shape index (κ1) is 21.0. The number of anilines is 1. The number of carbonyl (C=O) groups excluding carboxylic acids is 1. The van der Waals surface area contributed by atoms with Crippen LogP contribution >= 0.6 is 0 Å². The van der Waals surface area contributed by atoms with Crippen molar-refractivity contribution >= 4 is 23.6 Å². The molecule has 33 heavy (non-hydrogen) atoms. The molecule has 2 aliphatic rings. The summed E-state index contributed by atoms with van der Waals surface area (Å²) in [5, 5.41) is 21.4. The Bertz CT molecular complexity index is 1340. The largest absolute Gasteiger partial charge is 0.493 e. The molecule has 0 saturated heterocycles. The van der Waals surface area contributed by atoms with E-state index in [4.69, 9.17) is 9.98 Å². The molecule has 2 aliphatic carbocycles. The highest BCUT2D eigenvalue weighted by Gasteiger charge is 2.24. The van der Waals surface area contributed by atoms with Gasteiger partial charge >= 0.3 is 11.8 Å². The number of hydrogen-bond acceptors (Lipinski definition) is 8. The first-order valence-corrected chi connectivity index (χ1v) is 11.0. The number of H-pyrrole nitrogens is 2. The monoisotopic (exact) mass is 454 g/mol. The maximum Gasteiger partial charge on any atom is 0.407 e. The molecule has 2 fully saturated rings. The summed E-state index contributed by atoms with van der Waals surface area (Å²) in [5.41, 5.74) is 1.04. The number of ether oxygens (including phenoxy) is 1. The van der Waals surface area contributed by atoms with Crippen molar-refractivity contribution in [2.45, 2.75) is 56.7 Å². The number of imidazole rings is 1. The van der Waals surface area contributed by atoms with Gasteiger partial charge in [-0.25, -0.2) is 14.6 Å². The number of methoxy groups -OCH3 is 1. The molecular formula is C21H26N8O4. The van der Waals surface area contributed by atoms with Crippen molar-refractivity contribution in [2.75, 3.05) is 12.4 Å². The normalized spacial score (nSPS) is 22.0. The zero-order chi connectivity index (χ0) is 22.9. The van der Waals surface area contributed by atoms with Crippen LogP contribution in [0, 0.1) is 0 Å². The quantitative estimate of drug-likeness (QED) is 0.366. The summed E-state index contributed by atoms with van der Waals surface area (Å²) in [5.74, 6) is 0.446. The van der Waals surface area contributed by atoms with Gasteiger partial charge in [0.25, 0.3) is 0 Å². The predicted octanol–water partition coefficient (Wildman–Crippen LogP) is 0.141. The van der Waals surface area contributed by atoms with Crippen molar-refractivity contribution in [1.29, 1.82) is 0 Å². The molecule has 0 radical (unpaired) electrons. The van der Waals surface area contributed by atoms with Crippen LogP contribution in [0.3, 0.4) is 0 Å². The van der Waals surface area contributed by atoms with E-state index < -0.39 is 11.8 Å². The number of amides is 1. The molecule has 0 atom stereocenters. The summed E-state index contributed by atoms with van der Waals surface area (Å²) in [6.07, 6.45) is 8.43. The molecule has 3 heterocycles. The van der Waals surface area contributed by atoms with Crippen molar-refractivity contribution in [3.8, 4) is 5.88 Å². The predicted molar refractivity (Wildman–Crippen MR) is 119 cm³/mol. The molecule has 3 aromatic rings. The molecule has 174 valence electrons. The van der Waals surface area contributed by atoms with E-state index in [1.807, 2.05) is 6.07 Å². The summed E-state index contributed by atoms with van der Waals surface area (Å²) in [6, 6.07) is 2.52. The third-order valence-corrected chi connectivity index (χ3v) is 5.96. The second kappa shape index (κ2) is 8.60. The van der Waals surface area contributed by atoms with Gasteiger partial charge in [-0.1, -0.05) is 0 Å². The minimum Gasteiger partial charge on any atom is -0.493 e. The number of aromatic nitrogens is 5. The second-order valence-corrected chi connectivity index (χ2v) is 8.51. The van der Waals surface area contributed by atoms with Gasteiger partial charge in [-0.15, -0.1) is 0 Å². The van der Waals surface area contributed by atoms with Crippen LogP contribution in [0.25, 0.3) is 11.7 Å². The van der Waals surface area contributed by atoms with Gasteiger partial charge in [-0.2, -0.15) is 9.61 Å². The van der Waals surface area contributed by atoms with Crippen molar-refractivity contribution < 1.29 is 14.6 Å². The van der Waals surface area contributed by atoms with Gasteiger partial charge in [-0.3, -0.25) is 9.98 Å². The number of rotatable bonds is 5. The lowest BCUT2D eigenvalue weighted by molar-refractivity contribution is 0.162. The molecule has 0 aromatic carbocycles. The van der Waals surface area contributed by atoms with Crippen LogP contribution in [0.4, 0.5) is 10.6 Å². The molecule has 12 heteroatoms. The number of alkyl carbamates (subject to hydrolysis) is 1. The van der Waals surface area contributed by atoms with Gasteiger partial charge in [0.05, 0.1) is 19.3 Å². The van der Waals surface area contributed by atoms with E-state index in [9.17, 15) is 14.7 Å². The lowest BCUT2D eigenvalue weighted by atomic mass is 9.91.